The van der Waals surface area contributed by atoms with Crippen molar-refractivity contribution in [3.63, 3.8) is 0 Å². The maximum Gasteiger partial charge on any atom is 0.437 e. The van der Waals surface area contributed by atoms with E-state index in [2.05, 4.69) is 10.3 Å². The number of hydrogen-bond donors (Lipinski definition) is 3. The average molecular weight is 522 g/mol. The topological polar surface area (TPSA) is 138 Å². The number of aliphatic hydroxyl groups is 1. The molecule has 0 aliphatic carbocycles. The number of piperidine rings is 1. The van der Waals surface area contributed by atoms with Crippen molar-refractivity contribution in [2.45, 2.75) is 63.4 Å². The first-order valence-electron chi connectivity index (χ1n) is 13.1. The predicted molar refractivity (Wildman–Crippen MR) is 142 cm³/mol. The lowest BCUT2D eigenvalue weighted by atomic mass is 10.0. The molecule has 4 N–H and O–H groups in total. The monoisotopic (exact) mass is 521 g/mol. The number of amides is 3. The molecule has 2 heterocycles. The Kier molecular flexibility index (Phi) is 9.31. The number of nitrogens with zero attached hydrogens (tertiary/aromatic N) is 3. The molecule has 4 rings (SSSR count). The summed E-state index contributed by atoms with van der Waals surface area (Å²) in [5.74, 6) is -0.518. The van der Waals surface area contributed by atoms with Crippen LogP contribution >= 0.6 is 0 Å². The second kappa shape index (κ2) is 13.0. The standard InChI is InChI=1S/C28H35N5O5/c29-27(31-28(37)38-19-21-11-5-2-6-12-21)33-18-7-13-22(26(33)36)30-25(35)23-14-8-17-32(23)24(34)16-15-20-9-3-1-4-10-20/h1-6,9-12,22-23,26,36H,7-8,13-19H2,(H,30,35)(H2,29,31,37)/t22-,23-,26?/m0/s1. The zero-order valence-corrected chi connectivity index (χ0v) is 21.4. The number of aryl methyl sites for hydroxylation is 1. The molecule has 0 spiro atoms. The zero-order valence-electron chi connectivity index (χ0n) is 21.4. The van der Waals surface area contributed by atoms with E-state index in [0.29, 0.717) is 45.2 Å². The Bertz CT molecular complexity index is 1130. The maximum absolute atomic E-state index is 13.2. The summed E-state index contributed by atoms with van der Waals surface area (Å²) in [7, 11) is 0. The molecule has 1 unspecified atom stereocenters. The molecule has 0 saturated carbocycles. The molecular weight excluding hydrogens is 486 g/mol. The van der Waals surface area contributed by atoms with Crippen LogP contribution in [0.2, 0.25) is 0 Å². The number of likely N-dealkylation sites (tertiary alicyclic amines) is 2. The second-order valence-corrected chi connectivity index (χ2v) is 9.61. The van der Waals surface area contributed by atoms with Crippen LogP contribution in [0, 0.1) is 0 Å². The summed E-state index contributed by atoms with van der Waals surface area (Å²) in [4.78, 5) is 45.0. The Balaban J connectivity index is 1.30. The third-order valence-corrected chi connectivity index (χ3v) is 6.97. The van der Waals surface area contributed by atoms with Crippen LogP contribution in [0.25, 0.3) is 0 Å². The van der Waals surface area contributed by atoms with Crippen LogP contribution in [0.4, 0.5) is 4.79 Å². The van der Waals surface area contributed by atoms with Crippen LogP contribution < -0.4 is 11.1 Å². The number of nitrogens with one attached hydrogen (secondary N) is 1. The summed E-state index contributed by atoms with van der Waals surface area (Å²) in [5, 5.41) is 13.8. The van der Waals surface area contributed by atoms with Crippen molar-refractivity contribution in [2.75, 3.05) is 13.1 Å². The van der Waals surface area contributed by atoms with E-state index >= 15 is 0 Å². The Labute approximate surface area is 222 Å². The van der Waals surface area contributed by atoms with Crippen molar-refractivity contribution < 1.29 is 24.2 Å². The lowest BCUT2D eigenvalue weighted by molar-refractivity contribution is -0.139. The lowest BCUT2D eigenvalue weighted by Gasteiger charge is -2.39. The highest BCUT2D eigenvalue weighted by molar-refractivity contribution is 5.90. The number of aliphatic hydroxyl groups excluding tert-OH is 1. The normalized spacial score (nSPS) is 21.7. The van der Waals surface area contributed by atoms with Crippen molar-refractivity contribution in [1.82, 2.24) is 15.1 Å². The van der Waals surface area contributed by atoms with E-state index in [0.717, 1.165) is 17.5 Å². The summed E-state index contributed by atoms with van der Waals surface area (Å²) in [6, 6.07) is 17.8. The molecule has 10 heteroatoms. The van der Waals surface area contributed by atoms with Gasteiger partial charge >= 0.3 is 6.09 Å². The highest BCUT2D eigenvalue weighted by Gasteiger charge is 2.38. The van der Waals surface area contributed by atoms with Gasteiger partial charge in [0.25, 0.3) is 0 Å². The van der Waals surface area contributed by atoms with Crippen molar-refractivity contribution in [3.05, 3.63) is 71.8 Å². The molecule has 10 nitrogen and oxygen atoms in total. The van der Waals surface area contributed by atoms with Gasteiger partial charge in [-0.15, -0.1) is 4.99 Å². The minimum Gasteiger partial charge on any atom is -0.443 e. The fourth-order valence-corrected chi connectivity index (χ4v) is 4.94. The SMILES string of the molecule is N/C(=N\C(=O)OCc1ccccc1)N1CCC[C@H](NC(=O)[C@@H]2CCCN2C(=O)CCc2ccccc2)C1O. The van der Waals surface area contributed by atoms with Gasteiger partial charge in [0.2, 0.25) is 17.8 Å². The molecule has 2 aromatic rings. The molecule has 202 valence electrons. The van der Waals surface area contributed by atoms with E-state index in [1.54, 1.807) is 4.90 Å². The zero-order chi connectivity index (χ0) is 26.9. The second-order valence-electron chi connectivity index (χ2n) is 9.61. The van der Waals surface area contributed by atoms with E-state index in [1.807, 2.05) is 60.7 Å². The Morgan fingerprint density at radius 1 is 0.947 bits per heavy atom. The van der Waals surface area contributed by atoms with Gasteiger partial charge in [-0.2, -0.15) is 0 Å². The average Bonchev–Trinajstić information content (AvgIpc) is 3.43. The largest absolute Gasteiger partial charge is 0.443 e. The quantitative estimate of drug-likeness (QED) is 0.375. The van der Waals surface area contributed by atoms with E-state index < -0.39 is 24.4 Å². The van der Waals surface area contributed by atoms with Gasteiger partial charge < -0.3 is 30.7 Å². The molecule has 2 fully saturated rings. The van der Waals surface area contributed by atoms with Gasteiger partial charge in [-0.25, -0.2) is 4.79 Å². The molecular formula is C28H35N5O5. The molecule has 2 aromatic carbocycles. The van der Waals surface area contributed by atoms with Crippen molar-refractivity contribution in [1.29, 1.82) is 0 Å². The molecule has 2 aliphatic rings. The number of guanidine groups is 1. The third kappa shape index (κ3) is 7.10. The van der Waals surface area contributed by atoms with Crippen LogP contribution in [0.3, 0.4) is 0 Å². The number of aliphatic imine (C=N–C) groups is 1. The summed E-state index contributed by atoms with van der Waals surface area (Å²) < 4.78 is 5.14. The highest BCUT2D eigenvalue weighted by atomic mass is 16.5. The van der Waals surface area contributed by atoms with Gasteiger partial charge in [0.1, 0.15) is 18.9 Å². The minimum absolute atomic E-state index is 0.0530. The third-order valence-electron chi connectivity index (χ3n) is 6.97. The lowest BCUT2D eigenvalue weighted by Crippen LogP contribution is -2.60. The number of nitrogens with two attached hydrogens (primary N) is 1. The van der Waals surface area contributed by atoms with Gasteiger partial charge in [-0.3, -0.25) is 9.59 Å². The Morgan fingerprint density at radius 2 is 1.58 bits per heavy atom. The van der Waals surface area contributed by atoms with Crippen molar-refractivity contribution >= 4 is 23.9 Å². The number of ether oxygens (including phenoxy) is 1. The molecule has 3 atom stereocenters. The van der Waals surface area contributed by atoms with Crippen LogP contribution in [-0.4, -0.2) is 70.2 Å². The van der Waals surface area contributed by atoms with Crippen molar-refractivity contribution in [3.8, 4) is 0 Å². The van der Waals surface area contributed by atoms with Gasteiger partial charge in [-0.1, -0.05) is 60.7 Å². The highest BCUT2D eigenvalue weighted by Crippen LogP contribution is 2.22. The fourth-order valence-electron chi connectivity index (χ4n) is 4.94. The van der Waals surface area contributed by atoms with Crippen LogP contribution in [0.5, 0.6) is 0 Å². The van der Waals surface area contributed by atoms with Crippen LogP contribution in [0.1, 0.15) is 43.2 Å². The van der Waals surface area contributed by atoms with E-state index in [1.165, 1.54) is 4.90 Å². The maximum atomic E-state index is 13.2. The summed E-state index contributed by atoms with van der Waals surface area (Å²) >= 11 is 0. The summed E-state index contributed by atoms with van der Waals surface area (Å²) in [5.41, 5.74) is 7.91. The molecule has 2 aliphatic heterocycles. The smallest absolute Gasteiger partial charge is 0.437 e. The predicted octanol–water partition coefficient (Wildman–Crippen LogP) is 2.16. The number of carbonyl (C=O) groups is 3. The molecule has 2 saturated heterocycles. The van der Waals surface area contributed by atoms with Gasteiger partial charge in [-0.05, 0) is 43.2 Å². The van der Waals surface area contributed by atoms with Gasteiger partial charge in [0.05, 0.1) is 6.04 Å². The number of hydrogen-bond acceptors (Lipinski definition) is 5. The van der Waals surface area contributed by atoms with E-state index in [9.17, 15) is 19.5 Å². The molecule has 3 amide bonds. The first-order chi connectivity index (χ1) is 18.4. The van der Waals surface area contributed by atoms with E-state index in [4.69, 9.17) is 10.5 Å². The molecule has 0 bridgehead atoms. The number of rotatable bonds is 7. The first kappa shape index (κ1) is 27.1. The molecule has 0 radical (unpaired) electrons. The van der Waals surface area contributed by atoms with Gasteiger partial charge in [0.15, 0.2) is 0 Å². The number of carbonyl (C=O) groups excluding carboxylic acids is 3. The van der Waals surface area contributed by atoms with E-state index in [-0.39, 0.29) is 24.4 Å². The summed E-state index contributed by atoms with van der Waals surface area (Å²) in [6.45, 7) is 0.970. The van der Waals surface area contributed by atoms with Crippen LogP contribution in [-0.2, 0) is 27.4 Å². The van der Waals surface area contributed by atoms with Crippen molar-refractivity contribution in [2.24, 2.45) is 10.7 Å². The molecule has 0 aromatic heterocycles. The first-order valence-corrected chi connectivity index (χ1v) is 13.1. The Hall–Kier alpha value is -3.92. The van der Waals surface area contributed by atoms with Gasteiger partial charge in [0, 0.05) is 19.5 Å². The Morgan fingerprint density at radius 3 is 2.29 bits per heavy atom. The fraction of sp³-hybridized carbons (Fsp3) is 0.429. The number of benzene rings is 2. The minimum atomic E-state index is -1.16. The molecule has 38 heavy (non-hydrogen) atoms. The summed E-state index contributed by atoms with van der Waals surface area (Å²) in [6.07, 6.45) is 1.41. The van der Waals surface area contributed by atoms with Crippen LogP contribution in [0.15, 0.2) is 65.7 Å².